The van der Waals surface area contributed by atoms with E-state index in [9.17, 15) is 71.5 Å². The summed E-state index contributed by atoms with van der Waals surface area (Å²) in [6.07, 6.45) is -8.29. The Morgan fingerprint density at radius 2 is 0.984 bits per heavy atom. The Labute approximate surface area is 354 Å². The van der Waals surface area contributed by atoms with E-state index in [4.69, 9.17) is 18.9 Å². The number of hydrogen-bond acceptors (Lipinski definition) is 18. The molecule has 0 radical (unpaired) electrons. The zero-order chi connectivity index (χ0) is 44.5. The second-order valence-corrected chi connectivity index (χ2v) is 15.9. The largest absolute Gasteiger partial charge is 0.508 e. The summed E-state index contributed by atoms with van der Waals surface area (Å²) < 4.78 is 25.6. The van der Waals surface area contributed by atoms with Gasteiger partial charge in [0, 0.05) is 64.1 Å². The van der Waals surface area contributed by atoms with E-state index >= 15 is 0 Å². The van der Waals surface area contributed by atoms with Gasteiger partial charge in [-0.15, -0.1) is 0 Å². The van der Waals surface area contributed by atoms with Crippen LogP contribution in [0.4, 0.5) is 0 Å². The Balaban J connectivity index is 1.25. The fourth-order valence-corrected chi connectivity index (χ4v) is 9.32. The average Bonchev–Trinajstić information content (AvgIpc) is 3.22. The van der Waals surface area contributed by atoms with Gasteiger partial charge in [0.05, 0.1) is 17.9 Å². The summed E-state index contributed by atoms with van der Waals surface area (Å²) in [6.45, 7) is 0. The molecule has 0 aliphatic carbocycles. The molecule has 1 unspecified atom stereocenters. The molecule has 0 fully saturated rings. The molecule has 0 spiro atoms. The van der Waals surface area contributed by atoms with Crippen molar-refractivity contribution in [2.24, 2.45) is 0 Å². The van der Waals surface area contributed by atoms with E-state index in [1.165, 1.54) is 18.2 Å². The third-order valence-corrected chi connectivity index (χ3v) is 12.2. The zero-order valence-corrected chi connectivity index (χ0v) is 32.1. The van der Waals surface area contributed by atoms with Gasteiger partial charge >= 0.3 is 5.79 Å². The zero-order valence-electron chi connectivity index (χ0n) is 32.1. The van der Waals surface area contributed by atoms with Crippen LogP contribution < -0.4 is 18.9 Å². The Hall–Kier alpha value is -7.80. The van der Waals surface area contributed by atoms with Crippen molar-refractivity contribution in [1.82, 2.24) is 0 Å². The number of aliphatic hydroxyl groups is 3. The maximum atomic E-state index is 12.5. The lowest BCUT2D eigenvalue weighted by Crippen LogP contribution is -2.57. The molecule has 18 nitrogen and oxygen atoms in total. The van der Waals surface area contributed by atoms with Crippen molar-refractivity contribution < 1.29 is 90.4 Å². The van der Waals surface area contributed by atoms with E-state index in [1.54, 1.807) is 0 Å². The summed E-state index contributed by atoms with van der Waals surface area (Å²) in [5.74, 6) is -12.6. The summed E-state index contributed by atoms with van der Waals surface area (Å²) >= 11 is 0. The lowest BCUT2D eigenvalue weighted by molar-refractivity contribution is -0.219. The highest BCUT2D eigenvalue weighted by molar-refractivity contribution is 5.72. The molecule has 0 saturated carbocycles. The van der Waals surface area contributed by atoms with E-state index < -0.39 is 111 Å². The number of aromatic hydroxyl groups is 11. The van der Waals surface area contributed by atoms with Crippen LogP contribution in [0.2, 0.25) is 0 Å². The minimum atomic E-state index is -2.31. The van der Waals surface area contributed by atoms with Gasteiger partial charge < -0.3 is 90.4 Å². The number of fused-ring (bicyclic) bond motifs is 9. The maximum Gasteiger partial charge on any atom is 0.305 e. The van der Waals surface area contributed by atoms with Crippen molar-refractivity contribution in [1.29, 1.82) is 0 Å². The molecule has 18 heteroatoms. The topological polar surface area (TPSA) is 320 Å². The van der Waals surface area contributed by atoms with Gasteiger partial charge in [0.25, 0.3) is 0 Å². The maximum absolute atomic E-state index is 12.5. The second-order valence-electron chi connectivity index (χ2n) is 15.9. The molecule has 4 aliphatic rings. The van der Waals surface area contributed by atoms with Crippen LogP contribution in [0.1, 0.15) is 68.6 Å². The number of phenols is 11. The first kappa shape index (κ1) is 39.3. The molecule has 0 amide bonds. The normalized spacial score (nSPS) is 25.2. The number of phenolic OH excluding ortho intramolecular Hbond substituents is 11. The quantitative estimate of drug-likeness (QED) is 0.110. The van der Waals surface area contributed by atoms with Crippen LogP contribution in [-0.2, 0) is 12.2 Å². The van der Waals surface area contributed by atoms with Gasteiger partial charge in [0.2, 0.25) is 0 Å². The summed E-state index contributed by atoms with van der Waals surface area (Å²) in [5.41, 5.74) is -0.583. The molecule has 6 aromatic carbocycles. The predicted octanol–water partition coefficient (Wildman–Crippen LogP) is 4.24. The molecule has 324 valence electrons. The molecule has 10 rings (SSSR count). The van der Waals surface area contributed by atoms with Crippen LogP contribution in [-0.4, -0.2) is 89.8 Å². The highest BCUT2D eigenvalue weighted by atomic mass is 16.7. The third kappa shape index (κ3) is 5.68. The highest BCUT2D eigenvalue weighted by Crippen LogP contribution is 2.65. The van der Waals surface area contributed by atoms with Gasteiger partial charge in [-0.05, 0) is 53.6 Å². The highest BCUT2D eigenvalue weighted by Gasteiger charge is 2.61. The lowest BCUT2D eigenvalue weighted by Gasteiger charge is -2.51. The molecule has 14 N–H and O–H groups in total. The third-order valence-electron chi connectivity index (χ3n) is 12.2. The smallest absolute Gasteiger partial charge is 0.305 e. The minimum Gasteiger partial charge on any atom is -0.508 e. The molecule has 2 bridgehead atoms. The first-order chi connectivity index (χ1) is 30.0. The minimum absolute atomic E-state index is 0.0325. The van der Waals surface area contributed by atoms with Crippen LogP contribution in [0.25, 0.3) is 0 Å². The van der Waals surface area contributed by atoms with Crippen molar-refractivity contribution in [3.05, 3.63) is 123 Å². The van der Waals surface area contributed by atoms with Gasteiger partial charge in [-0.1, -0.05) is 12.1 Å². The van der Waals surface area contributed by atoms with Crippen LogP contribution in [0, 0.1) is 0 Å². The molecule has 8 atom stereocenters. The van der Waals surface area contributed by atoms with E-state index in [2.05, 4.69) is 0 Å². The predicted molar refractivity (Wildman–Crippen MR) is 212 cm³/mol. The van der Waals surface area contributed by atoms with E-state index in [1.807, 2.05) is 0 Å². The van der Waals surface area contributed by atoms with Gasteiger partial charge in [-0.3, -0.25) is 0 Å². The number of hydrogen-bond donors (Lipinski definition) is 14. The van der Waals surface area contributed by atoms with Crippen molar-refractivity contribution in [3.63, 3.8) is 0 Å². The Morgan fingerprint density at radius 3 is 1.62 bits per heavy atom. The van der Waals surface area contributed by atoms with Gasteiger partial charge in [0.1, 0.15) is 70.1 Å². The molecule has 6 aromatic rings. The number of rotatable bonds is 4. The second kappa shape index (κ2) is 13.6. The van der Waals surface area contributed by atoms with Crippen molar-refractivity contribution >= 4 is 0 Å². The first-order valence-electron chi connectivity index (χ1n) is 19.3. The summed E-state index contributed by atoms with van der Waals surface area (Å²) in [5, 5.41) is 155. The van der Waals surface area contributed by atoms with E-state index in [-0.39, 0.29) is 73.9 Å². The van der Waals surface area contributed by atoms with E-state index in [0.717, 1.165) is 60.7 Å². The summed E-state index contributed by atoms with van der Waals surface area (Å²) in [4.78, 5) is 0. The van der Waals surface area contributed by atoms with Crippen LogP contribution in [0.3, 0.4) is 0 Å². The number of aliphatic hydroxyl groups excluding tert-OH is 3. The molecule has 4 aliphatic heterocycles. The average molecular weight is 865 g/mol. The van der Waals surface area contributed by atoms with Crippen LogP contribution >= 0.6 is 0 Å². The fourth-order valence-electron chi connectivity index (χ4n) is 9.32. The molecule has 0 saturated heterocycles. The number of benzene rings is 6. The Morgan fingerprint density at radius 1 is 0.444 bits per heavy atom. The standard InChI is InChI=1S/C45H36O18/c46-18-10-27(54)33-31(11-18)62-45(17-3-6-22(49)26(53)9-17)44(59)38(33)36-32(63-45)14-29(56)35-37(39(58)41(61-43(35)36)16-2-5-21(48)25(52)8-16)34-28(55)13-23(50)19-12-30(57)40(60-42(19)34)15-1-4-20(47)24(51)7-15/h1-11,13-14,30,37-41,44,46-59H,12H2/t30?,37-,38+,39+,40+,41+,44+,45-/m0/s1. The van der Waals surface area contributed by atoms with Gasteiger partial charge in [-0.2, -0.15) is 0 Å². The molecule has 0 aromatic heterocycles. The van der Waals surface area contributed by atoms with E-state index in [0.29, 0.717) is 0 Å². The van der Waals surface area contributed by atoms with Crippen molar-refractivity contribution in [2.75, 3.05) is 0 Å². The molecular formula is C45H36O18. The van der Waals surface area contributed by atoms with Crippen LogP contribution in [0.15, 0.2) is 78.9 Å². The van der Waals surface area contributed by atoms with Crippen molar-refractivity contribution in [3.8, 4) is 86.2 Å². The molecular weight excluding hydrogens is 828 g/mol. The molecule has 4 heterocycles. The Kier molecular flexibility index (Phi) is 8.49. The summed E-state index contributed by atoms with van der Waals surface area (Å²) in [7, 11) is 0. The fraction of sp³-hybridized carbons (Fsp3) is 0.200. The summed E-state index contributed by atoms with van der Waals surface area (Å²) in [6, 6.07) is 14.8. The first-order valence-corrected chi connectivity index (χ1v) is 19.3. The monoisotopic (exact) mass is 864 g/mol. The molecule has 63 heavy (non-hydrogen) atoms. The number of ether oxygens (including phenoxy) is 4. The lowest BCUT2D eigenvalue weighted by atomic mass is 9.71. The van der Waals surface area contributed by atoms with Crippen molar-refractivity contribution in [2.45, 2.75) is 54.6 Å². The SMILES string of the molecule is Oc1cc(O)c2c(c1)O[C@@]1(c3ccc(O)c(O)c3)Oc3cc(O)c4c(c3[C@@H]2[C@H]1O)O[C@H](c1ccc(O)c(O)c1)[C@H](O)[C@H]4c1c(O)cc(O)c2c1O[C@H](c1ccc(O)c(O)c1)C(O)C2. The van der Waals surface area contributed by atoms with Crippen LogP contribution in [0.5, 0.6) is 86.2 Å². The van der Waals surface area contributed by atoms with Gasteiger partial charge in [0.15, 0.2) is 40.6 Å². The van der Waals surface area contributed by atoms with Gasteiger partial charge in [-0.25, -0.2) is 0 Å². The Bertz CT molecular complexity index is 2910.